The van der Waals surface area contributed by atoms with E-state index in [9.17, 15) is 9.59 Å². The van der Waals surface area contributed by atoms with Crippen molar-refractivity contribution in [3.05, 3.63) is 58.6 Å². The van der Waals surface area contributed by atoms with E-state index in [1.54, 1.807) is 36.4 Å². The molecule has 0 aromatic heterocycles. The lowest BCUT2D eigenvalue weighted by atomic mass is 10.2. The summed E-state index contributed by atoms with van der Waals surface area (Å²) in [6.45, 7) is -0.220. The molecule has 2 rings (SSSR count). The third kappa shape index (κ3) is 6.65. The monoisotopic (exact) mass is 402 g/mol. The second-order valence-corrected chi connectivity index (χ2v) is 5.87. The van der Waals surface area contributed by atoms with Crippen LogP contribution >= 0.6 is 15.9 Å². The molecule has 0 radical (unpaired) electrons. The molecule has 0 aliphatic heterocycles. The van der Waals surface area contributed by atoms with E-state index >= 15 is 0 Å². The predicted molar refractivity (Wildman–Crippen MR) is 95.0 cm³/mol. The fraction of sp³-hybridized carbons (Fsp3) is 0.167. The number of halogens is 1. The number of hydrogen-bond donors (Lipinski definition) is 1. The van der Waals surface area contributed by atoms with E-state index in [2.05, 4.69) is 21.2 Å². The molecular formula is C18H15BrN2O4. The van der Waals surface area contributed by atoms with E-state index in [-0.39, 0.29) is 19.6 Å². The molecule has 0 saturated carbocycles. The van der Waals surface area contributed by atoms with Gasteiger partial charge in [0.05, 0.1) is 24.7 Å². The summed E-state index contributed by atoms with van der Waals surface area (Å²) >= 11 is 3.33. The summed E-state index contributed by atoms with van der Waals surface area (Å²) < 4.78 is 11.2. The van der Waals surface area contributed by atoms with Crippen molar-refractivity contribution in [2.75, 3.05) is 18.5 Å². The Bertz CT molecular complexity index is 784. The first-order valence-corrected chi connectivity index (χ1v) is 8.20. The maximum absolute atomic E-state index is 11.7. The van der Waals surface area contributed by atoms with Gasteiger partial charge < -0.3 is 14.8 Å². The number of benzene rings is 2. The zero-order valence-corrected chi connectivity index (χ0v) is 14.8. The van der Waals surface area contributed by atoms with E-state index in [4.69, 9.17) is 14.7 Å². The van der Waals surface area contributed by atoms with Crippen molar-refractivity contribution in [3.63, 3.8) is 0 Å². The molecule has 0 spiro atoms. The number of amides is 1. The average molecular weight is 403 g/mol. The van der Waals surface area contributed by atoms with Gasteiger partial charge in [-0.25, -0.2) is 0 Å². The van der Waals surface area contributed by atoms with Gasteiger partial charge in [-0.05, 0) is 42.5 Å². The van der Waals surface area contributed by atoms with Crippen LogP contribution in [0, 0.1) is 11.3 Å². The third-order valence-electron chi connectivity index (χ3n) is 3.03. The summed E-state index contributed by atoms with van der Waals surface area (Å²) in [5.41, 5.74) is 1.02. The lowest BCUT2D eigenvalue weighted by Gasteiger charge is -2.08. The predicted octanol–water partition coefficient (Wildman–Crippen LogP) is 3.27. The summed E-state index contributed by atoms with van der Waals surface area (Å²) in [7, 11) is 0. The molecular weight excluding hydrogens is 388 g/mol. The number of rotatable bonds is 7. The van der Waals surface area contributed by atoms with Crippen LogP contribution in [-0.2, 0) is 14.3 Å². The minimum Gasteiger partial charge on any atom is -0.493 e. The lowest BCUT2D eigenvalue weighted by molar-refractivity contribution is -0.147. The van der Waals surface area contributed by atoms with Crippen molar-refractivity contribution >= 4 is 33.5 Å². The minimum atomic E-state index is -0.523. The summed E-state index contributed by atoms with van der Waals surface area (Å²) in [6, 6.07) is 15.6. The molecule has 0 saturated heterocycles. The van der Waals surface area contributed by atoms with Gasteiger partial charge in [-0.3, -0.25) is 9.59 Å². The van der Waals surface area contributed by atoms with E-state index in [1.165, 1.54) is 0 Å². The van der Waals surface area contributed by atoms with Gasteiger partial charge in [0, 0.05) is 10.2 Å². The molecule has 0 heterocycles. The van der Waals surface area contributed by atoms with Gasteiger partial charge >= 0.3 is 5.97 Å². The zero-order chi connectivity index (χ0) is 18.1. The summed E-state index contributed by atoms with van der Waals surface area (Å²) in [5, 5.41) is 11.3. The van der Waals surface area contributed by atoms with Crippen LogP contribution in [0.1, 0.15) is 12.0 Å². The highest BCUT2D eigenvalue weighted by Gasteiger charge is 2.08. The van der Waals surface area contributed by atoms with Gasteiger partial charge in [-0.1, -0.05) is 22.0 Å². The maximum Gasteiger partial charge on any atom is 0.309 e. The Morgan fingerprint density at radius 3 is 2.60 bits per heavy atom. The third-order valence-corrected chi connectivity index (χ3v) is 3.53. The molecule has 0 unspecified atom stereocenters. The van der Waals surface area contributed by atoms with Crippen molar-refractivity contribution in [1.82, 2.24) is 0 Å². The molecule has 0 fully saturated rings. The number of nitriles is 1. The Morgan fingerprint density at radius 2 is 1.92 bits per heavy atom. The van der Waals surface area contributed by atoms with Crippen molar-refractivity contribution in [3.8, 4) is 11.8 Å². The van der Waals surface area contributed by atoms with E-state index in [0.717, 1.165) is 4.47 Å². The number of anilines is 1. The molecule has 7 heteroatoms. The second kappa shape index (κ2) is 9.45. The van der Waals surface area contributed by atoms with Crippen LogP contribution in [0.25, 0.3) is 0 Å². The van der Waals surface area contributed by atoms with Gasteiger partial charge in [0.2, 0.25) is 0 Å². The Labute approximate surface area is 153 Å². The Kier molecular flexibility index (Phi) is 6.99. The first-order valence-electron chi connectivity index (χ1n) is 7.41. The Morgan fingerprint density at radius 1 is 1.16 bits per heavy atom. The topological polar surface area (TPSA) is 88.4 Å². The molecule has 1 amide bonds. The molecule has 25 heavy (non-hydrogen) atoms. The summed E-state index contributed by atoms with van der Waals surface area (Å²) in [6.07, 6.45) is 0.0384. The number of nitrogens with zero attached hydrogens (tertiary/aromatic N) is 1. The Balaban J connectivity index is 1.66. The highest BCUT2D eigenvalue weighted by molar-refractivity contribution is 9.10. The SMILES string of the molecule is N#Cc1ccc(NC(=O)COC(=O)CCOc2cccc(Br)c2)cc1. The van der Waals surface area contributed by atoms with Crippen LogP contribution in [0.3, 0.4) is 0 Å². The fourth-order valence-electron chi connectivity index (χ4n) is 1.85. The zero-order valence-electron chi connectivity index (χ0n) is 13.2. The molecule has 0 aliphatic carbocycles. The van der Waals surface area contributed by atoms with Crippen LogP contribution in [0.4, 0.5) is 5.69 Å². The number of hydrogen-bond acceptors (Lipinski definition) is 5. The minimum absolute atomic E-state index is 0.0384. The van der Waals surface area contributed by atoms with E-state index in [1.807, 2.05) is 18.2 Å². The fourth-order valence-corrected chi connectivity index (χ4v) is 2.23. The van der Waals surface area contributed by atoms with Crippen LogP contribution in [0.2, 0.25) is 0 Å². The van der Waals surface area contributed by atoms with Crippen LogP contribution in [0.15, 0.2) is 53.0 Å². The average Bonchev–Trinajstić information content (AvgIpc) is 2.61. The number of carbonyl (C=O) groups is 2. The molecule has 1 N–H and O–H groups in total. The van der Waals surface area contributed by atoms with Gasteiger partial charge in [0.1, 0.15) is 5.75 Å². The molecule has 6 nitrogen and oxygen atoms in total. The Hall–Kier alpha value is -2.85. The molecule has 0 aliphatic rings. The summed E-state index contributed by atoms with van der Waals surface area (Å²) in [5.74, 6) is -0.336. The van der Waals surface area contributed by atoms with Gasteiger partial charge in [-0.15, -0.1) is 0 Å². The lowest BCUT2D eigenvalue weighted by Crippen LogP contribution is -2.21. The standard InChI is InChI=1S/C18H15BrN2O4/c19-14-2-1-3-16(10-14)24-9-8-18(23)25-12-17(22)21-15-6-4-13(11-20)5-7-15/h1-7,10H,8-9,12H2,(H,21,22). The van der Waals surface area contributed by atoms with Crippen molar-refractivity contribution in [2.45, 2.75) is 6.42 Å². The van der Waals surface area contributed by atoms with Crippen LogP contribution in [0.5, 0.6) is 5.75 Å². The molecule has 0 atom stereocenters. The molecule has 128 valence electrons. The molecule has 2 aromatic carbocycles. The van der Waals surface area contributed by atoms with Crippen molar-refractivity contribution in [1.29, 1.82) is 5.26 Å². The number of carbonyl (C=O) groups excluding carboxylic acids is 2. The van der Waals surface area contributed by atoms with Crippen molar-refractivity contribution < 1.29 is 19.1 Å². The van der Waals surface area contributed by atoms with Gasteiger partial charge in [-0.2, -0.15) is 5.26 Å². The largest absolute Gasteiger partial charge is 0.493 e. The second-order valence-electron chi connectivity index (χ2n) is 4.95. The number of ether oxygens (including phenoxy) is 2. The van der Waals surface area contributed by atoms with E-state index < -0.39 is 11.9 Å². The first kappa shape index (κ1) is 18.5. The normalized spacial score (nSPS) is 9.76. The number of esters is 1. The molecule has 2 aromatic rings. The first-order chi connectivity index (χ1) is 12.1. The van der Waals surface area contributed by atoms with Gasteiger partial charge in [0.15, 0.2) is 6.61 Å². The maximum atomic E-state index is 11.7. The number of nitrogens with one attached hydrogen (secondary N) is 1. The molecule has 0 bridgehead atoms. The smallest absolute Gasteiger partial charge is 0.309 e. The highest BCUT2D eigenvalue weighted by Crippen LogP contribution is 2.17. The van der Waals surface area contributed by atoms with Crippen LogP contribution < -0.4 is 10.1 Å². The van der Waals surface area contributed by atoms with Crippen molar-refractivity contribution in [2.24, 2.45) is 0 Å². The highest BCUT2D eigenvalue weighted by atomic mass is 79.9. The van der Waals surface area contributed by atoms with E-state index in [0.29, 0.717) is 17.0 Å². The van der Waals surface area contributed by atoms with Crippen LogP contribution in [-0.4, -0.2) is 25.1 Å². The quantitative estimate of drug-likeness (QED) is 0.717. The van der Waals surface area contributed by atoms with Gasteiger partial charge in [0.25, 0.3) is 5.91 Å². The summed E-state index contributed by atoms with van der Waals surface area (Å²) in [4.78, 5) is 23.3.